The molecule has 2 aliphatic heterocycles. The van der Waals surface area contributed by atoms with Gasteiger partial charge in [-0.05, 0) is 36.4 Å². The number of rotatable bonds is 4. The summed E-state index contributed by atoms with van der Waals surface area (Å²) in [5.74, 6) is 0.977. The number of carbonyl (C=O) groups is 1. The highest BCUT2D eigenvalue weighted by Crippen LogP contribution is 2.33. The van der Waals surface area contributed by atoms with Crippen LogP contribution >= 0.6 is 11.6 Å². The van der Waals surface area contributed by atoms with E-state index in [0.29, 0.717) is 25.4 Å². The predicted octanol–water partition coefficient (Wildman–Crippen LogP) is 2.61. The van der Waals surface area contributed by atoms with Crippen molar-refractivity contribution in [2.24, 2.45) is 0 Å². The molecule has 5 nitrogen and oxygen atoms in total. The van der Waals surface area contributed by atoms with Crippen LogP contribution in [0.5, 0.6) is 11.5 Å². The van der Waals surface area contributed by atoms with Crippen molar-refractivity contribution >= 4 is 23.2 Å². The molecule has 2 aliphatic rings. The van der Waals surface area contributed by atoms with Gasteiger partial charge in [-0.15, -0.1) is 0 Å². The number of fused-ring (bicyclic) bond motifs is 1. The van der Waals surface area contributed by atoms with E-state index in [1.165, 1.54) is 23.1 Å². The van der Waals surface area contributed by atoms with Gasteiger partial charge in [0.25, 0.3) is 5.91 Å². The van der Waals surface area contributed by atoms with Gasteiger partial charge in [-0.2, -0.15) is 0 Å². The molecule has 2 atom stereocenters. The van der Waals surface area contributed by atoms with E-state index in [1.807, 2.05) is 12.1 Å². The van der Waals surface area contributed by atoms with Gasteiger partial charge in [-0.25, -0.2) is 4.39 Å². The van der Waals surface area contributed by atoms with Crippen molar-refractivity contribution in [2.75, 3.05) is 31.6 Å². The van der Waals surface area contributed by atoms with Crippen LogP contribution < -0.4 is 19.7 Å². The molecule has 4 rings (SSSR count). The average Bonchev–Trinajstić information content (AvgIpc) is 3.11. The van der Waals surface area contributed by atoms with Crippen molar-refractivity contribution in [3.05, 3.63) is 52.8 Å². The molecular weight excluding hydrogens is 371 g/mol. The Morgan fingerprint density at radius 3 is 2.81 bits per heavy atom. The van der Waals surface area contributed by atoms with Gasteiger partial charge in [0.1, 0.15) is 25.1 Å². The predicted molar refractivity (Wildman–Crippen MR) is 100 cm³/mol. The number of halogens is 2. The van der Waals surface area contributed by atoms with Gasteiger partial charge in [0.2, 0.25) is 0 Å². The van der Waals surface area contributed by atoms with E-state index >= 15 is 0 Å². The minimum absolute atomic E-state index is 0.136. The molecule has 2 aromatic rings. The van der Waals surface area contributed by atoms with Crippen LogP contribution in [-0.4, -0.2) is 32.2 Å². The van der Waals surface area contributed by atoms with Crippen LogP contribution in [0.3, 0.4) is 0 Å². The highest BCUT2D eigenvalue weighted by Gasteiger charge is 2.32. The number of ether oxygens (including phenoxy) is 2. The van der Waals surface area contributed by atoms with Gasteiger partial charge >= 0.3 is 0 Å². The zero-order valence-corrected chi connectivity index (χ0v) is 15.5. The number of carbonyl (C=O) groups excluding carboxylic acids is 1. The van der Waals surface area contributed by atoms with Gasteiger partial charge < -0.3 is 19.7 Å². The number of anilines is 1. The Morgan fingerprint density at radius 2 is 2.00 bits per heavy atom. The van der Waals surface area contributed by atoms with Crippen molar-refractivity contribution in [3.63, 3.8) is 0 Å². The molecule has 2 aromatic carbocycles. The van der Waals surface area contributed by atoms with Gasteiger partial charge in [0.15, 0.2) is 18.0 Å². The Labute approximate surface area is 162 Å². The van der Waals surface area contributed by atoms with Crippen LogP contribution in [0.1, 0.15) is 24.4 Å². The summed E-state index contributed by atoms with van der Waals surface area (Å²) in [5, 5.41) is 2.98. The SMILES string of the molecule is O=C(C[NH+]1CCC[C@@H]1c1ccc2c(c1)OCCO2)Nc1ccc(F)cc1Cl. The van der Waals surface area contributed by atoms with Crippen molar-refractivity contribution < 1.29 is 23.6 Å². The first kappa shape index (κ1) is 18.1. The first-order valence-corrected chi connectivity index (χ1v) is 9.47. The van der Waals surface area contributed by atoms with Gasteiger partial charge in [-0.3, -0.25) is 4.79 Å². The molecule has 1 amide bonds. The Bertz CT molecular complexity index is 861. The lowest BCUT2D eigenvalue weighted by molar-refractivity contribution is -0.910. The summed E-state index contributed by atoms with van der Waals surface area (Å²) in [4.78, 5) is 13.7. The van der Waals surface area contributed by atoms with E-state index in [0.717, 1.165) is 36.4 Å². The quantitative estimate of drug-likeness (QED) is 0.842. The van der Waals surface area contributed by atoms with Crippen molar-refractivity contribution in [1.29, 1.82) is 0 Å². The van der Waals surface area contributed by atoms with E-state index in [1.54, 1.807) is 0 Å². The van der Waals surface area contributed by atoms with E-state index in [9.17, 15) is 9.18 Å². The second kappa shape index (κ2) is 7.74. The van der Waals surface area contributed by atoms with Crippen LogP contribution in [0, 0.1) is 5.82 Å². The number of amides is 1. The number of benzene rings is 2. The number of hydrogen-bond acceptors (Lipinski definition) is 3. The normalized spacial score (nSPS) is 21.1. The maximum absolute atomic E-state index is 13.2. The topological polar surface area (TPSA) is 52.0 Å². The van der Waals surface area contributed by atoms with E-state index < -0.39 is 5.82 Å². The minimum atomic E-state index is -0.429. The lowest BCUT2D eigenvalue weighted by Crippen LogP contribution is -3.11. The number of hydrogen-bond donors (Lipinski definition) is 2. The highest BCUT2D eigenvalue weighted by atomic mass is 35.5. The maximum atomic E-state index is 13.2. The van der Waals surface area contributed by atoms with Crippen LogP contribution in [-0.2, 0) is 4.79 Å². The summed E-state index contributed by atoms with van der Waals surface area (Å²) in [6.07, 6.45) is 2.07. The molecule has 1 fully saturated rings. The van der Waals surface area contributed by atoms with Gasteiger partial charge in [0, 0.05) is 18.4 Å². The second-order valence-corrected chi connectivity index (χ2v) is 7.26. The van der Waals surface area contributed by atoms with Crippen molar-refractivity contribution in [1.82, 2.24) is 0 Å². The average molecular weight is 392 g/mol. The molecule has 0 spiro atoms. The first-order chi connectivity index (χ1) is 13.1. The van der Waals surface area contributed by atoms with Crippen molar-refractivity contribution in [2.45, 2.75) is 18.9 Å². The Hall–Kier alpha value is -2.31. The number of quaternary nitrogens is 1. The minimum Gasteiger partial charge on any atom is -0.486 e. The van der Waals surface area contributed by atoms with E-state index in [2.05, 4.69) is 11.4 Å². The van der Waals surface area contributed by atoms with Crippen LogP contribution in [0.15, 0.2) is 36.4 Å². The molecule has 142 valence electrons. The summed E-state index contributed by atoms with van der Waals surface area (Å²) in [6.45, 7) is 2.37. The largest absolute Gasteiger partial charge is 0.486 e. The molecule has 2 heterocycles. The fourth-order valence-corrected chi connectivity index (χ4v) is 4.01. The molecule has 27 heavy (non-hydrogen) atoms. The molecule has 0 bridgehead atoms. The molecule has 1 unspecified atom stereocenters. The molecule has 7 heteroatoms. The number of likely N-dealkylation sites (tertiary alicyclic amines) is 1. The fourth-order valence-electron chi connectivity index (χ4n) is 3.79. The zero-order valence-electron chi connectivity index (χ0n) is 14.8. The van der Waals surface area contributed by atoms with Gasteiger partial charge in [0.05, 0.1) is 17.3 Å². The lowest BCUT2D eigenvalue weighted by Gasteiger charge is -2.24. The summed E-state index contributed by atoms with van der Waals surface area (Å²) in [5.41, 5.74) is 1.58. The molecule has 0 aliphatic carbocycles. The summed E-state index contributed by atoms with van der Waals surface area (Å²) in [7, 11) is 0. The van der Waals surface area contributed by atoms with Crippen LogP contribution in [0.4, 0.5) is 10.1 Å². The third kappa shape index (κ3) is 4.01. The maximum Gasteiger partial charge on any atom is 0.279 e. The molecule has 0 saturated carbocycles. The third-order valence-corrected chi connectivity index (χ3v) is 5.36. The molecule has 0 aromatic heterocycles. The molecule has 2 N–H and O–H groups in total. The Morgan fingerprint density at radius 1 is 1.19 bits per heavy atom. The summed E-state index contributed by atoms with van der Waals surface area (Å²) < 4.78 is 24.4. The summed E-state index contributed by atoms with van der Waals surface area (Å²) >= 11 is 5.99. The van der Waals surface area contributed by atoms with Gasteiger partial charge in [-0.1, -0.05) is 11.6 Å². The first-order valence-electron chi connectivity index (χ1n) is 9.09. The molecule has 0 radical (unpaired) electrons. The second-order valence-electron chi connectivity index (χ2n) is 6.86. The highest BCUT2D eigenvalue weighted by molar-refractivity contribution is 6.33. The molecular formula is C20H21ClFN2O3+. The van der Waals surface area contributed by atoms with Crippen LogP contribution in [0.25, 0.3) is 0 Å². The molecule has 1 saturated heterocycles. The third-order valence-electron chi connectivity index (χ3n) is 5.04. The zero-order chi connectivity index (χ0) is 18.8. The standard InChI is InChI=1S/C20H20ClFN2O3/c21-15-11-14(22)4-5-16(15)23-20(25)12-24-7-1-2-17(24)13-3-6-18-19(10-13)27-9-8-26-18/h3-6,10-11,17H,1-2,7-9,12H2,(H,23,25)/p+1/t17-/m1/s1. The van der Waals surface area contributed by atoms with E-state index in [4.69, 9.17) is 21.1 Å². The monoisotopic (exact) mass is 391 g/mol. The Kier molecular flexibility index (Phi) is 5.18. The lowest BCUT2D eigenvalue weighted by atomic mass is 10.0. The Balaban J connectivity index is 1.44. The van der Waals surface area contributed by atoms with Crippen molar-refractivity contribution in [3.8, 4) is 11.5 Å². The summed E-state index contributed by atoms with van der Waals surface area (Å²) in [6, 6.07) is 10.2. The smallest absolute Gasteiger partial charge is 0.279 e. The van der Waals surface area contributed by atoms with E-state index in [-0.39, 0.29) is 17.0 Å². The fraction of sp³-hybridized carbons (Fsp3) is 0.350. The van der Waals surface area contributed by atoms with Crippen LogP contribution in [0.2, 0.25) is 5.02 Å². The number of nitrogens with one attached hydrogen (secondary N) is 2.